The highest BCUT2D eigenvalue weighted by Crippen LogP contribution is 2.04. The van der Waals surface area contributed by atoms with Gasteiger partial charge in [0.25, 0.3) is 0 Å². The lowest BCUT2D eigenvalue weighted by atomic mass is 10.4. The van der Waals surface area contributed by atoms with Gasteiger partial charge < -0.3 is 5.32 Å². The molecular formula is C11H18FN3O2S. The van der Waals surface area contributed by atoms with E-state index in [0.717, 1.165) is 0 Å². The number of pyridine rings is 1. The second-order valence-electron chi connectivity index (χ2n) is 3.67. The standard InChI is InChI=1S/C11H18FN3O2S/c1-3-15(4-2)18(16,17)9-8-13-11-7-5-6-10(12)14-11/h5-7H,3-4,8-9H2,1-2H3,(H,13,14). The van der Waals surface area contributed by atoms with Gasteiger partial charge in [0.15, 0.2) is 0 Å². The zero-order valence-electron chi connectivity index (χ0n) is 10.6. The van der Waals surface area contributed by atoms with Gasteiger partial charge in [-0.2, -0.15) is 4.39 Å². The second-order valence-corrected chi connectivity index (χ2v) is 5.76. The number of rotatable bonds is 7. The average Bonchev–Trinajstić information content (AvgIpc) is 2.30. The maximum atomic E-state index is 12.8. The Kier molecular flexibility index (Phi) is 5.49. The minimum Gasteiger partial charge on any atom is -0.369 e. The van der Waals surface area contributed by atoms with E-state index in [2.05, 4.69) is 10.3 Å². The van der Waals surface area contributed by atoms with Gasteiger partial charge in [0.1, 0.15) is 5.82 Å². The Balaban J connectivity index is 2.51. The number of aromatic nitrogens is 1. The molecule has 1 aromatic heterocycles. The molecule has 0 aliphatic carbocycles. The molecule has 0 aliphatic heterocycles. The Hall–Kier alpha value is -1.21. The third-order valence-electron chi connectivity index (χ3n) is 2.48. The summed E-state index contributed by atoms with van der Waals surface area (Å²) in [6.07, 6.45) is 0. The van der Waals surface area contributed by atoms with Crippen molar-refractivity contribution in [2.75, 3.05) is 30.7 Å². The summed E-state index contributed by atoms with van der Waals surface area (Å²) in [5.74, 6) is -0.288. The van der Waals surface area contributed by atoms with Crippen molar-refractivity contribution in [3.8, 4) is 0 Å². The normalized spacial score (nSPS) is 11.8. The van der Waals surface area contributed by atoms with E-state index < -0.39 is 16.0 Å². The fourth-order valence-electron chi connectivity index (χ4n) is 1.56. The van der Waals surface area contributed by atoms with Crippen LogP contribution in [-0.2, 0) is 10.0 Å². The molecule has 0 aromatic carbocycles. The summed E-state index contributed by atoms with van der Waals surface area (Å²) in [4.78, 5) is 3.59. The van der Waals surface area contributed by atoms with Crippen LogP contribution in [0.1, 0.15) is 13.8 Å². The second kappa shape index (κ2) is 6.65. The minimum atomic E-state index is -3.25. The fraction of sp³-hybridized carbons (Fsp3) is 0.545. The van der Waals surface area contributed by atoms with Crippen LogP contribution in [0.15, 0.2) is 18.2 Å². The van der Waals surface area contributed by atoms with Gasteiger partial charge in [-0.3, -0.25) is 0 Å². The van der Waals surface area contributed by atoms with Crippen LogP contribution in [0.25, 0.3) is 0 Å². The van der Waals surface area contributed by atoms with E-state index in [1.807, 2.05) is 0 Å². The Morgan fingerprint density at radius 2 is 2.00 bits per heavy atom. The van der Waals surface area contributed by atoms with E-state index in [-0.39, 0.29) is 12.3 Å². The zero-order chi connectivity index (χ0) is 13.6. The maximum absolute atomic E-state index is 12.8. The first-order valence-corrected chi connectivity index (χ1v) is 7.44. The Morgan fingerprint density at radius 3 is 2.56 bits per heavy atom. The van der Waals surface area contributed by atoms with Gasteiger partial charge in [0.2, 0.25) is 16.0 Å². The molecule has 1 aromatic rings. The lowest BCUT2D eigenvalue weighted by Gasteiger charge is -2.18. The molecule has 1 N–H and O–H groups in total. The van der Waals surface area contributed by atoms with Crippen molar-refractivity contribution in [3.63, 3.8) is 0 Å². The molecule has 0 saturated heterocycles. The number of nitrogens with one attached hydrogen (secondary N) is 1. The molecule has 1 heterocycles. The highest BCUT2D eigenvalue weighted by molar-refractivity contribution is 7.89. The third kappa shape index (κ3) is 4.23. The van der Waals surface area contributed by atoms with Gasteiger partial charge in [-0.25, -0.2) is 17.7 Å². The summed E-state index contributed by atoms with van der Waals surface area (Å²) in [6, 6.07) is 4.34. The van der Waals surface area contributed by atoms with Crippen LogP contribution in [0.3, 0.4) is 0 Å². The molecule has 1 rings (SSSR count). The van der Waals surface area contributed by atoms with Crippen molar-refractivity contribution in [3.05, 3.63) is 24.1 Å². The molecule has 0 amide bonds. The van der Waals surface area contributed by atoms with Crippen LogP contribution in [0, 0.1) is 5.95 Å². The van der Waals surface area contributed by atoms with Crippen LogP contribution >= 0.6 is 0 Å². The molecule has 0 fully saturated rings. The van der Waals surface area contributed by atoms with Gasteiger partial charge in [-0.15, -0.1) is 0 Å². The molecule has 7 heteroatoms. The molecule has 102 valence electrons. The fourth-order valence-corrected chi connectivity index (χ4v) is 2.97. The molecule has 0 unspecified atom stereocenters. The van der Waals surface area contributed by atoms with Crippen LogP contribution in [0.2, 0.25) is 0 Å². The topological polar surface area (TPSA) is 62.3 Å². The number of hydrogen-bond donors (Lipinski definition) is 1. The SMILES string of the molecule is CCN(CC)S(=O)(=O)CCNc1cccc(F)n1. The molecule has 0 atom stereocenters. The summed E-state index contributed by atoms with van der Waals surface area (Å²) >= 11 is 0. The van der Waals surface area contributed by atoms with Crippen LogP contribution < -0.4 is 5.32 Å². The predicted octanol–water partition coefficient (Wildman–Crippen LogP) is 1.30. The van der Waals surface area contributed by atoms with E-state index in [0.29, 0.717) is 18.9 Å². The Labute approximate surface area is 107 Å². The third-order valence-corrected chi connectivity index (χ3v) is 4.50. The van der Waals surface area contributed by atoms with E-state index >= 15 is 0 Å². The molecule has 0 radical (unpaired) electrons. The predicted molar refractivity (Wildman–Crippen MR) is 69.4 cm³/mol. The Morgan fingerprint density at radius 1 is 1.33 bits per heavy atom. The molecule has 5 nitrogen and oxygen atoms in total. The molecule has 0 aliphatic rings. The number of anilines is 1. The highest BCUT2D eigenvalue weighted by atomic mass is 32.2. The van der Waals surface area contributed by atoms with E-state index in [4.69, 9.17) is 0 Å². The van der Waals surface area contributed by atoms with Gasteiger partial charge in [0.05, 0.1) is 5.75 Å². The highest BCUT2D eigenvalue weighted by Gasteiger charge is 2.17. The number of sulfonamides is 1. The van der Waals surface area contributed by atoms with Gasteiger partial charge in [0, 0.05) is 19.6 Å². The molecule has 0 spiro atoms. The summed E-state index contributed by atoms with van der Waals surface area (Å²) < 4.78 is 37.9. The largest absolute Gasteiger partial charge is 0.369 e. The smallest absolute Gasteiger partial charge is 0.215 e. The number of hydrogen-bond acceptors (Lipinski definition) is 4. The zero-order valence-corrected chi connectivity index (χ0v) is 11.4. The molecular weight excluding hydrogens is 257 g/mol. The summed E-state index contributed by atoms with van der Waals surface area (Å²) in [6.45, 7) is 4.70. The summed E-state index contributed by atoms with van der Waals surface area (Å²) in [5.41, 5.74) is 0. The van der Waals surface area contributed by atoms with E-state index in [9.17, 15) is 12.8 Å². The first kappa shape index (κ1) is 14.8. The van der Waals surface area contributed by atoms with Crippen molar-refractivity contribution in [2.45, 2.75) is 13.8 Å². The van der Waals surface area contributed by atoms with Crippen molar-refractivity contribution in [1.82, 2.24) is 9.29 Å². The monoisotopic (exact) mass is 275 g/mol. The molecule has 0 saturated carbocycles. The lowest BCUT2D eigenvalue weighted by molar-refractivity contribution is 0.446. The first-order chi connectivity index (χ1) is 8.49. The first-order valence-electron chi connectivity index (χ1n) is 5.84. The maximum Gasteiger partial charge on any atom is 0.215 e. The summed E-state index contributed by atoms with van der Waals surface area (Å²) in [5, 5.41) is 2.79. The Bertz CT molecular complexity index is 475. The summed E-state index contributed by atoms with van der Waals surface area (Å²) in [7, 11) is -3.25. The number of halogens is 1. The van der Waals surface area contributed by atoms with Crippen molar-refractivity contribution >= 4 is 15.8 Å². The lowest BCUT2D eigenvalue weighted by Crippen LogP contribution is -2.34. The van der Waals surface area contributed by atoms with E-state index in [1.54, 1.807) is 19.9 Å². The van der Waals surface area contributed by atoms with Gasteiger partial charge >= 0.3 is 0 Å². The molecule has 18 heavy (non-hydrogen) atoms. The van der Waals surface area contributed by atoms with Gasteiger partial charge in [-0.05, 0) is 12.1 Å². The van der Waals surface area contributed by atoms with Crippen molar-refractivity contribution in [2.24, 2.45) is 0 Å². The van der Waals surface area contributed by atoms with Gasteiger partial charge in [-0.1, -0.05) is 19.9 Å². The molecule has 0 bridgehead atoms. The van der Waals surface area contributed by atoms with Crippen LogP contribution in [-0.4, -0.2) is 43.1 Å². The van der Waals surface area contributed by atoms with Crippen molar-refractivity contribution < 1.29 is 12.8 Å². The van der Waals surface area contributed by atoms with Crippen LogP contribution in [0.5, 0.6) is 0 Å². The average molecular weight is 275 g/mol. The van der Waals surface area contributed by atoms with Crippen LogP contribution in [0.4, 0.5) is 10.2 Å². The van der Waals surface area contributed by atoms with E-state index in [1.165, 1.54) is 16.4 Å². The number of nitrogens with zero attached hydrogens (tertiary/aromatic N) is 2. The quantitative estimate of drug-likeness (QED) is 0.762. The minimum absolute atomic E-state index is 0.0348. The van der Waals surface area contributed by atoms with Crippen molar-refractivity contribution in [1.29, 1.82) is 0 Å².